The molecule has 1 unspecified atom stereocenters. The van der Waals surface area contributed by atoms with Crippen molar-refractivity contribution >= 4 is 49.8 Å². The lowest BCUT2D eigenvalue weighted by Crippen LogP contribution is -2.29. The highest BCUT2D eigenvalue weighted by atomic mass is 32.1. The van der Waals surface area contributed by atoms with Crippen molar-refractivity contribution in [3.8, 4) is 0 Å². The van der Waals surface area contributed by atoms with Crippen molar-refractivity contribution in [1.82, 2.24) is 4.98 Å². The molecule has 9 heteroatoms. The molecule has 0 radical (unpaired) electrons. The number of non-ortho nitro benzene ring substituents is 1. The molecule has 1 atom stereocenters. The Morgan fingerprint density at radius 1 is 1.03 bits per heavy atom. The third-order valence-electron chi connectivity index (χ3n) is 5.68. The number of aryl methyl sites for hydroxylation is 1. The van der Waals surface area contributed by atoms with Gasteiger partial charge < -0.3 is 5.11 Å². The molecule has 1 fully saturated rings. The van der Waals surface area contributed by atoms with E-state index >= 15 is 0 Å². The van der Waals surface area contributed by atoms with Crippen molar-refractivity contribution in [3.05, 3.63) is 105 Å². The van der Waals surface area contributed by atoms with Gasteiger partial charge in [-0.2, -0.15) is 0 Å². The van der Waals surface area contributed by atoms with Crippen LogP contribution in [0.2, 0.25) is 0 Å². The van der Waals surface area contributed by atoms with E-state index in [4.69, 9.17) is 0 Å². The summed E-state index contributed by atoms with van der Waals surface area (Å²) in [5.74, 6) is -1.98. The molecule has 1 aliphatic rings. The lowest BCUT2D eigenvalue weighted by Gasteiger charge is -2.22. The molecular weight excluding hydrogens is 454 g/mol. The molecule has 5 rings (SSSR count). The van der Waals surface area contributed by atoms with Crippen molar-refractivity contribution < 1.29 is 19.6 Å². The maximum atomic E-state index is 13.2. The van der Waals surface area contributed by atoms with Gasteiger partial charge in [-0.15, -0.1) is 0 Å². The second-order valence-corrected chi connectivity index (χ2v) is 8.86. The number of para-hydroxylation sites is 1. The number of nitro benzene ring substituents is 1. The number of thiazole rings is 1. The molecule has 2 heterocycles. The first-order valence-electron chi connectivity index (χ1n) is 10.3. The first-order valence-corrected chi connectivity index (χ1v) is 11.1. The average Bonchev–Trinajstić information content (AvgIpc) is 3.37. The van der Waals surface area contributed by atoms with Gasteiger partial charge in [-0.25, -0.2) is 4.98 Å². The van der Waals surface area contributed by atoms with Gasteiger partial charge in [0, 0.05) is 17.7 Å². The van der Waals surface area contributed by atoms with Gasteiger partial charge in [0.15, 0.2) is 5.13 Å². The van der Waals surface area contributed by atoms with Crippen LogP contribution in [-0.2, 0) is 9.59 Å². The van der Waals surface area contributed by atoms with Crippen LogP contribution in [0.5, 0.6) is 0 Å². The largest absolute Gasteiger partial charge is 0.507 e. The number of Topliss-reactive ketones (excluding diaryl/α,β-unsaturated/α-hetero) is 1. The molecule has 34 heavy (non-hydrogen) atoms. The van der Waals surface area contributed by atoms with E-state index in [9.17, 15) is 24.8 Å². The molecule has 4 aromatic rings. The fourth-order valence-corrected chi connectivity index (χ4v) is 4.95. The highest BCUT2D eigenvalue weighted by Crippen LogP contribution is 2.44. The van der Waals surface area contributed by atoms with Crippen LogP contribution in [0.4, 0.5) is 10.8 Å². The molecule has 0 spiro atoms. The molecule has 8 nitrogen and oxygen atoms in total. The van der Waals surface area contributed by atoms with E-state index in [1.165, 1.54) is 40.5 Å². The predicted octanol–water partition coefficient (Wildman–Crippen LogP) is 5.14. The van der Waals surface area contributed by atoms with Crippen LogP contribution in [0.25, 0.3) is 16.0 Å². The monoisotopic (exact) mass is 471 g/mol. The minimum atomic E-state index is -0.998. The molecule has 1 N–H and O–H groups in total. The highest BCUT2D eigenvalue weighted by molar-refractivity contribution is 7.22. The minimum absolute atomic E-state index is 0.0954. The Morgan fingerprint density at radius 3 is 2.35 bits per heavy atom. The Labute approximate surface area is 197 Å². The number of aliphatic hydroxyl groups excluding tert-OH is 1. The number of benzene rings is 3. The summed E-state index contributed by atoms with van der Waals surface area (Å²) in [5, 5.41) is 22.6. The van der Waals surface area contributed by atoms with E-state index in [2.05, 4.69) is 4.98 Å². The third kappa shape index (κ3) is 3.52. The van der Waals surface area contributed by atoms with Crippen molar-refractivity contribution in [2.24, 2.45) is 0 Å². The topological polar surface area (TPSA) is 114 Å². The van der Waals surface area contributed by atoms with Gasteiger partial charge in [0.1, 0.15) is 5.76 Å². The molecule has 3 aromatic carbocycles. The summed E-state index contributed by atoms with van der Waals surface area (Å²) >= 11 is 1.25. The number of hydrogen-bond acceptors (Lipinski definition) is 7. The molecule has 1 aliphatic heterocycles. The first-order chi connectivity index (χ1) is 16.3. The van der Waals surface area contributed by atoms with Gasteiger partial charge in [0.05, 0.1) is 26.8 Å². The molecule has 168 valence electrons. The van der Waals surface area contributed by atoms with Crippen LogP contribution in [0.1, 0.15) is 22.7 Å². The molecule has 1 saturated heterocycles. The predicted molar refractivity (Wildman–Crippen MR) is 129 cm³/mol. The third-order valence-corrected chi connectivity index (χ3v) is 6.71. The standard InChI is InChI=1S/C25H17N3O5S/c1-14-6-8-16(9-7-14)22(29)20-21(15-10-12-17(13-11-15)28(32)33)27(24(31)23(20)30)25-26-18-4-2-3-5-19(18)34-25/h2-13,21,29H,1H3. The number of amides is 1. The zero-order chi connectivity index (χ0) is 24.0. The Morgan fingerprint density at radius 2 is 1.71 bits per heavy atom. The van der Waals surface area contributed by atoms with Gasteiger partial charge in [0.25, 0.3) is 11.5 Å². The molecular formula is C25H17N3O5S. The summed E-state index contributed by atoms with van der Waals surface area (Å²) in [6.07, 6.45) is 0. The van der Waals surface area contributed by atoms with Crippen molar-refractivity contribution in [2.45, 2.75) is 13.0 Å². The van der Waals surface area contributed by atoms with E-state index in [0.717, 1.165) is 10.3 Å². The van der Waals surface area contributed by atoms with E-state index in [1.54, 1.807) is 30.3 Å². The number of ketones is 1. The van der Waals surface area contributed by atoms with Crippen molar-refractivity contribution in [2.75, 3.05) is 4.90 Å². The smallest absolute Gasteiger partial charge is 0.301 e. The Balaban J connectivity index is 1.72. The van der Waals surface area contributed by atoms with Crippen LogP contribution >= 0.6 is 11.3 Å². The second kappa shape index (κ2) is 8.20. The Bertz CT molecular complexity index is 1460. The second-order valence-electron chi connectivity index (χ2n) is 7.85. The van der Waals surface area contributed by atoms with Gasteiger partial charge in [-0.05, 0) is 36.8 Å². The molecule has 1 aromatic heterocycles. The zero-order valence-electron chi connectivity index (χ0n) is 17.8. The average molecular weight is 471 g/mol. The maximum absolute atomic E-state index is 13.2. The summed E-state index contributed by atoms with van der Waals surface area (Å²) in [5.41, 5.74) is 2.25. The number of fused-ring (bicyclic) bond motifs is 1. The summed E-state index contributed by atoms with van der Waals surface area (Å²) in [7, 11) is 0. The van der Waals surface area contributed by atoms with E-state index < -0.39 is 22.7 Å². The van der Waals surface area contributed by atoms with Crippen LogP contribution in [0, 0.1) is 17.0 Å². The fourth-order valence-electron chi connectivity index (χ4n) is 3.95. The van der Waals surface area contributed by atoms with Crippen LogP contribution < -0.4 is 4.90 Å². The number of anilines is 1. The van der Waals surface area contributed by atoms with Gasteiger partial charge in [-0.3, -0.25) is 24.6 Å². The first kappa shape index (κ1) is 21.5. The number of rotatable bonds is 4. The summed E-state index contributed by atoms with van der Waals surface area (Å²) < 4.78 is 0.834. The number of carbonyl (C=O) groups is 2. The summed E-state index contributed by atoms with van der Waals surface area (Å²) in [4.78, 5) is 42.8. The van der Waals surface area contributed by atoms with Crippen LogP contribution in [0.15, 0.2) is 78.4 Å². The van der Waals surface area contributed by atoms with Gasteiger partial charge in [0.2, 0.25) is 0 Å². The van der Waals surface area contributed by atoms with E-state index in [-0.39, 0.29) is 17.0 Å². The van der Waals surface area contributed by atoms with Gasteiger partial charge >= 0.3 is 5.91 Å². The number of aliphatic hydroxyl groups is 1. The van der Waals surface area contributed by atoms with E-state index in [0.29, 0.717) is 21.8 Å². The number of aromatic nitrogens is 1. The van der Waals surface area contributed by atoms with Crippen LogP contribution in [-0.4, -0.2) is 26.7 Å². The SMILES string of the molecule is Cc1ccc(C(O)=C2C(=O)C(=O)N(c3nc4ccccc4s3)C2c2ccc([N+](=O)[O-])cc2)cc1. The fraction of sp³-hybridized carbons (Fsp3) is 0.0800. The van der Waals surface area contributed by atoms with Crippen molar-refractivity contribution in [1.29, 1.82) is 0 Å². The lowest BCUT2D eigenvalue weighted by molar-refractivity contribution is -0.384. The molecule has 0 saturated carbocycles. The Kier molecular flexibility index (Phi) is 5.18. The number of nitrogens with zero attached hydrogens (tertiary/aromatic N) is 3. The summed E-state index contributed by atoms with van der Waals surface area (Å²) in [6, 6.07) is 18.8. The highest BCUT2D eigenvalue weighted by Gasteiger charge is 2.48. The van der Waals surface area contributed by atoms with Crippen molar-refractivity contribution in [3.63, 3.8) is 0 Å². The minimum Gasteiger partial charge on any atom is -0.507 e. The number of hydrogen-bond donors (Lipinski definition) is 1. The molecule has 0 aliphatic carbocycles. The summed E-state index contributed by atoms with van der Waals surface area (Å²) in [6.45, 7) is 1.90. The van der Waals surface area contributed by atoms with Crippen LogP contribution in [0.3, 0.4) is 0 Å². The quantitative estimate of drug-likeness (QED) is 0.145. The lowest BCUT2D eigenvalue weighted by atomic mass is 9.95. The zero-order valence-corrected chi connectivity index (χ0v) is 18.7. The molecule has 0 bridgehead atoms. The maximum Gasteiger partial charge on any atom is 0.301 e. The Hall–Kier alpha value is -4.37. The number of nitro groups is 1. The molecule has 1 amide bonds. The number of carbonyl (C=O) groups excluding carboxylic acids is 2. The van der Waals surface area contributed by atoms with Gasteiger partial charge in [-0.1, -0.05) is 53.3 Å². The normalized spacial score (nSPS) is 17.4. The van der Waals surface area contributed by atoms with E-state index in [1.807, 2.05) is 25.1 Å².